The van der Waals surface area contributed by atoms with Crippen LogP contribution in [0.3, 0.4) is 0 Å². The molecule has 0 aliphatic heterocycles. The lowest BCUT2D eigenvalue weighted by molar-refractivity contribution is -0.0644. The molecule has 0 heterocycles. The molecule has 0 spiro atoms. The van der Waals surface area contributed by atoms with E-state index in [-0.39, 0.29) is 0 Å². The van der Waals surface area contributed by atoms with E-state index >= 15 is 0 Å². The van der Waals surface area contributed by atoms with E-state index in [1.54, 1.807) is 6.92 Å². The lowest BCUT2D eigenvalue weighted by Crippen LogP contribution is -2.41. The Morgan fingerprint density at radius 3 is 2.58 bits per heavy atom. The Labute approximate surface area is 73.9 Å². The summed E-state index contributed by atoms with van der Waals surface area (Å²) in [4.78, 5) is 0. The van der Waals surface area contributed by atoms with Crippen LogP contribution < -0.4 is 0 Å². The van der Waals surface area contributed by atoms with E-state index in [1.165, 1.54) is 5.57 Å². The fourth-order valence-corrected chi connectivity index (χ4v) is 1.47. The maximum absolute atomic E-state index is 9.65. The van der Waals surface area contributed by atoms with Crippen LogP contribution >= 0.6 is 0 Å². The van der Waals surface area contributed by atoms with Crippen LogP contribution in [0.25, 0.3) is 0 Å². The first-order valence-corrected chi connectivity index (χ1v) is 4.53. The molecule has 0 radical (unpaired) electrons. The molecule has 70 valence electrons. The van der Waals surface area contributed by atoms with Crippen molar-refractivity contribution in [2.45, 2.75) is 45.3 Å². The lowest BCUT2D eigenvalue weighted by atomic mass is 9.81. The molecule has 0 amide bonds. The molecule has 2 N–H and O–H groups in total. The largest absolute Gasteiger partial charge is 0.390 e. The molecule has 1 rings (SSSR count). The maximum Gasteiger partial charge on any atom is 0.0914 e. The molecule has 0 bridgehead atoms. The van der Waals surface area contributed by atoms with Gasteiger partial charge < -0.3 is 10.2 Å². The van der Waals surface area contributed by atoms with Gasteiger partial charge in [0.25, 0.3) is 0 Å². The normalized spacial score (nSPS) is 36.8. The van der Waals surface area contributed by atoms with Crippen molar-refractivity contribution in [1.29, 1.82) is 0 Å². The Morgan fingerprint density at radius 2 is 2.17 bits per heavy atom. The lowest BCUT2D eigenvalue weighted by Gasteiger charge is -2.34. The Morgan fingerprint density at radius 1 is 1.58 bits per heavy atom. The molecule has 2 heteroatoms. The van der Waals surface area contributed by atoms with Gasteiger partial charge >= 0.3 is 0 Å². The zero-order valence-corrected chi connectivity index (χ0v) is 8.04. The number of rotatable bonds is 1. The van der Waals surface area contributed by atoms with Crippen LogP contribution in [0, 0.1) is 5.92 Å². The predicted molar refractivity (Wildman–Crippen MR) is 48.8 cm³/mol. The summed E-state index contributed by atoms with van der Waals surface area (Å²) in [5, 5.41) is 19.2. The summed E-state index contributed by atoms with van der Waals surface area (Å²) in [6.45, 7) is 5.91. The summed E-state index contributed by atoms with van der Waals surface area (Å²) < 4.78 is 0. The third-order valence-electron chi connectivity index (χ3n) is 2.67. The van der Waals surface area contributed by atoms with Gasteiger partial charge in [0.15, 0.2) is 0 Å². The van der Waals surface area contributed by atoms with Gasteiger partial charge in [-0.3, -0.25) is 0 Å². The smallest absolute Gasteiger partial charge is 0.0914 e. The van der Waals surface area contributed by atoms with Crippen molar-refractivity contribution in [2.24, 2.45) is 5.92 Å². The van der Waals surface area contributed by atoms with Gasteiger partial charge in [-0.1, -0.05) is 25.5 Å². The average molecular weight is 170 g/mol. The zero-order chi connectivity index (χ0) is 9.35. The molecule has 0 aromatic carbocycles. The van der Waals surface area contributed by atoms with Crippen LogP contribution in [0.4, 0.5) is 0 Å². The van der Waals surface area contributed by atoms with Crippen molar-refractivity contribution in [1.82, 2.24) is 0 Å². The maximum atomic E-state index is 9.65. The highest BCUT2D eigenvalue weighted by Crippen LogP contribution is 2.30. The van der Waals surface area contributed by atoms with E-state index < -0.39 is 11.7 Å². The molecule has 12 heavy (non-hydrogen) atoms. The van der Waals surface area contributed by atoms with Crippen molar-refractivity contribution >= 4 is 0 Å². The second-order valence-electron chi connectivity index (χ2n) is 4.21. The van der Waals surface area contributed by atoms with Gasteiger partial charge in [-0.15, -0.1) is 0 Å². The summed E-state index contributed by atoms with van der Waals surface area (Å²) in [7, 11) is 0. The molecular weight excluding hydrogens is 152 g/mol. The number of hydrogen-bond donors (Lipinski definition) is 2. The first-order chi connectivity index (χ1) is 5.43. The van der Waals surface area contributed by atoms with E-state index in [1.807, 2.05) is 0 Å². The summed E-state index contributed by atoms with van der Waals surface area (Å²) in [6.07, 6.45) is 2.64. The minimum atomic E-state index is -0.918. The van der Waals surface area contributed by atoms with Crippen molar-refractivity contribution in [3.63, 3.8) is 0 Å². The molecule has 0 saturated heterocycles. The quantitative estimate of drug-likeness (QED) is 0.585. The molecule has 1 aliphatic carbocycles. The molecular formula is C10H18O2. The first-order valence-electron chi connectivity index (χ1n) is 4.53. The fourth-order valence-electron chi connectivity index (χ4n) is 1.47. The van der Waals surface area contributed by atoms with E-state index in [0.717, 1.165) is 0 Å². The second-order valence-corrected chi connectivity index (χ2v) is 4.21. The Balaban J connectivity index is 2.71. The van der Waals surface area contributed by atoms with E-state index in [2.05, 4.69) is 19.9 Å². The number of aliphatic hydroxyl groups is 2. The van der Waals surface area contributed by atoms with E-state index in [0.29, 0.717) is 18.8 Å². The summed E-state index contributed by atoms with van der Waals surface area (Å²) in [5.74, 6) is 0.482. The van der Waals surface area contributed by atoms with E-state index in [4.69, 9.17) is 0 Å². The Bertz CT molecular complexity index is 192. The molecule has 2 nitrogen and oxygen atoms in total. The summed E-state index contributed by atoms with van der Waals surface area (Å²) >= 11 is 0. The van der Waals surface area contributed by atoms with Crippen LogP contribution in [0.5, 0.6) is 0 Å². The minimum absolute atomic E-state index is 0.482. The van der Waals surface area contributed by atoms with Crippen LogP contribution in [-0.2, 0) is 0 Å². The van der Waals surface area contributed by atoms with Crippen molar-refractivity contribution in [3.8, 4) is 0 Å². The number of hydrogen-bond acceptors (Lipinski definition) is 2. The van der Waals surface area contributed by atoms with Gasteiger partial charge in [0.2, 0.25) is 0 Å². The van der Waals surface area contributed by atoms with E-state index in [9.17, 15) is 10.2 Å². The van der Waals surface area contributed by atoms with Crippen LogP contribution in [0.1, 0.15) is 33.6 Å². The van der Waals surface area contributed by atoms with Crippen LogP contribution in [0.2, 0.25) is 0 Å². The molecule has 1 aliphatic rings. The monoisotopic (exact) mass is 170 g/mol. The van der Waals surface area contributed by atoms with Gasteiger partial charge in [0.1, 0.15) is 0 Å². The van der Waals surface area contributed by atoms with Crippen molar-refractivity contribution in [2.75, 3.05) is 0 Å². The standard InChI is InChI=1S/C10H18O2/c1-7(2)8-4-5-10(3,12)9(11)6-8/h4,7,9,11-12H,5-6H2,1-3H3/t9-,10+/m1/s1. The first kappa shape index (κ1) is 9.75. The Hall–Kier alpha value is -0.340. The van der Waals surface area contributed by atoms with Crippen LogP contribution in [0.15, 0.2) is 11.6 Å². The van der Waals surface area contributed by atoms with Crippen LogP contribution in [-0.4, -0.2) is 21.9 Å². The molecule has 0 aromatic rings. The van der Waals surface area contributed by atoms with Gasteiger partial charge in [0.05, 0.1) is 11.7 Å². The molecule has 0 aromatic heterocycles. The third kappa shape index (κ3) is 1.87. The highest BCUT2D eigenvalue weighted by molar-refractivity contribution is 5.14. The summed E-state index contributed by atoms with van der Waals surface area (Å²) in [5.41, 5.74) is 0.340. The van der Waals surface area contributed by atoms with Gasteiger partial charge in [0, 0.05) is 0 Å². The van der Waals surface area contributed by atoms with Gasteiger partial charge in [-0.05, 0) is 25.7 Å². The highest BCUT2D eigenvalue weighted by atomic mass is 16.3. The topological polar surface area (TPSA) is 40.5 Å². The minimum Gasteiger partial charge on any atom is -0.390 e. The Kier molecular flexibility index (Phi) is 2.59. The zero-order valence-electron chi connectivity index (χ0n) is 8.04. The predicted octanol–water partition coefficient (Wildman–Crippen LogP) is 1.47. The van der Waals surface area contributed by atoms with Gasteiger partial charge in [-0.25, -0.2) is 0 Å². The number of aliphatic hydroxyl groups excluding tert-OH is 1. The summed E-state index contributed by atoms with van der Waals surface area (Å²) in [6, 6.07) is 0. The molecule has 0 saturated carbocycles. The average Bonchev–Trinajstić information content (AvgIpc) is 1.94. The SMILES string of the molecule is CC(C)C1=CC[C@](C)(O)[C@H](O)C1. The molecule has 0 fully saturated rings. The second kappa shape index (κ2) is 3.19. The van der Waals surface area contributed by atoms with Crippen molar-refractivity contribution < 1.29 is 10.2 Å². The fraction of sp³-hybridized carbons (Fsp3) is 0.800. The third-order valence-corrected chi connectivity index (χ3v) is 2.67. The molecule has 0 unspecified atom stereocenters. The molecule has 2 atom stereocenters. The van der Waals surface area contributed by atoms with Crippen molar-refractivity contribution in [3.05, 3.63) is 11.6 Å². The highest BCUT2D eigenvalue weighted by Gasteiger charge is 2.33. The van der Waals surface area contributed by atoms with Gasteiger partial charge in [-0.2, -0.15) is 0 Å².